The predicted octanol–water partition coefficient (Wildman–Crippen LogP) is 2.23. The fraction of sp³-hybridized carbons (Fsp3) is 0.462. The molecule has 18 heavy (non-hydrogen) atoms. The minimum atomic E-state index is -0.284. The van der Waals surface area contributed by atoms with Gasteiger partial charge in [-0.2, -0.15) is 0 Å². The lowest BCUT2D eigenvalue weighted by Gasteiger charge is -2.21. The molecule has 0 aliphatic carbocycles. The van der Waals surface area contributed by atoms with Crippen molar-refractivity contribution in [1.29, 1.82) is 0 Å². The summed E-state index contributed by atoms with van der Waals surface area (Å²) < 4.78 is 6.17. The number of hydrogen-bond acceptors (Lipinski definition) is 3. The van der Waals surface area contributed by atoms with Crippen LogP contribution in [0, 0.1) is 0 Å². The molecule has 100 valence electrons. The van der Waals surface area contributed by atoms with Crippen molar-refractivity contribution in [3.63, 3.8) is 0 Å². The molecule has 5 heteroatoms. The second-order valence-electron chi connectivity index (χ2n) is 4.97. The first-order valence-corrected chi connectivity index (χ1v) is 6.45. The van der Waals surface area contributed by atoms with E-state index in [1.165, 1.54) is 0 Å². The Labute approximate surface area is 115 Å². The minimum Gasteiger partial charge on any atom is -0.482 e. The summed E-state index contributed by atoms with van der Waals surface area (Å²) >= 11 is 3.33. The smallest absolute Gasteiger partial charge is 0.258 e. The third kappa shape index (κ3) is 4.66. The van der Waals surface area contributed by atoms with Crippen LogP contribution in [0.5, 0.6) is 5.75 Å². The van der Waals surface area contributed by atoms with E-state index in [1.807, 2.05) is 20.8 Å². The molecule has 0 bridgehead atoms. The number of nitrogens with one attached hydrogen (secondary N) is 1. The zero-order valence-corrected chi connectivity index (χ0v) is 12.4. The van der Waals surface area contributed by atoms with E-state index >= 15 is 0 Å². The molecule has 0 radical (unpaired) electrons. The predicted molar refractivity (Wildman–Crippen MR) is 73.5 cm³/mol. The van der Waals surface area contributed by atoms with E-state index in [1.54, 1.807) is 18.2 Å². The first-order chi connectivity index (χ1) is 8.33. The molecule has 1 rings (SSSR count). The summed E-state index contributed by atoms with van der Waals surface area (Å²) in [5.41, 5.74) is 0.363. The summed E-state index contributed by atoms with van der Waals surface area (Å²) in [4.78, 5) is 11.6. The number of amides is 1. The van der Waals surface area contributed by atoms with Gasteiger partial charge in [-0.3, -0.25) is 4.79 Å². The second-order valence-corrected chi connectivity index (χ2v) is 5.83. The summed E-state index contributed by atoms with van der Waals surface area (Å²) in [6, 6.07) is 5.36. The van der Waals surface area contributed by atoms with Crippen LogP contribution in [-0.2, 0) is 11.4 Å². The Hall–Kier alpha value is -1.07. The Morgan fingerprint density at radius 1 is 1.44 bits per heavy atom. The zero-order chi connectivity index (χ0) is 13.8. The maximum Gasteiger partial charge on any atom is 0.258 e. The van der Waals surface area contributed by atoms with Crippen molar-refractivity contribution in [3.8, 4) is 5.75 Å². The lowest BCUT2D eigenvalue weighted by Crippen LogP contribution is -2.43. The normalized spacial score (nSPS) is 11.2. The zero-order valence-electron chi connectivity index (χ0n) is 10.8. The quantitative estimate of drug-likeness (QED) is 0.895. The molecule has 0 saturated carbocycles. The van der Waals surface area contributed by atoms with Gasteiger partial charge in [0.15, 0.2) is 6.61 Å². The highest BCUT2D eigenvalue weighted by molar-refractivity contribution is 9.10. The van der Waals surface area contributed by atoms with Crippen molar-refractivity contribution in [1.82, 2.24) is 5.32 Å². The minimum absolute atomic E-state index is 0.0765. The van der Waals surface area contributed by atoms with Gasteiger partial charge in [-0.1, -0.05) is 12.1 Å². The van der Waals surface area contributed by atoms with Gasteiger partial charge in [-0.25, -0.2) is 0 Å². The van der Waals surface area contributed by atoms with E-state index in [2.05, 4.69) is 21.2 Å². The van der Waals surface area contributed by atoms with Crippen LogP contribution in [0.2, 0.25) is 0 Å². The summed E-state index contributed by atoms with van der Waals surface area (Å²) in [6.07, 6.45) is 0. The van der Waals surface area contributed by atoms with Gasteiger partial charge < -0.3 is 15.2 Å². The summed E-state index contributed by atoms with van der Waals surface area (Å²) in [5.74, 6) is 0.311. The van der Waals surface area contributed by atoms with Gasteiger partial charge >= 0.3 is 0 Å². The first-order valence-electron chi connectivity index (χ1n) is 5.65. The molecule has 0 heterocycles. The van der Waals surface area contributed by atoms with E-state index in [9.17, 15) is 9.90 Å². The summed E-state index contributed by atoms with van der Waals surface area (Å²) in [7, 11) is 0. The Bertz CT molecular complexity index is 427. The standard InChI is InChI=1S/C13H18BrNO3/c1-13(2,3)15-11(17)8-18-12-9(7-16)5-4-6-10(12)14/h4-6,16H,7-8H2,1-3H3,(H,15,17). The number of carbonyl (C=O) groups is 1. The van der Waals surface area contributed by atoms with Crippen LogP contribution in [0.3, 0.4) is 0 Å². The van der Waals surface area contributed by atoms with Crippen LogP contribution in [0.1, 0.15) is 26.3 Å². The number of aliphatic hydroxyl groups excluding tert-OH is 1. The van der Waals surface area contributed by atoms with Crippen molar-refractivity contribution in [2.24, 2.45) is 0 Å². The number of ether oxygens (including phenoxy) is 1. The highest BCUT2D eigenvalue weighted by Crippen LogP contribution is 2.28. The molecule has 0 spiro atoms. The Balaban J connectivity index is 2.66. The number of para-hydroxylation sites is 1. The summed E-state index contributed by atoms with van der Waals surface area (Å²) in [5, 5.41) is 12.0. The van der Waals surface area contributed by atoms with Crippen LogP contribution in [0.25, 0.3) is 0 Å². The molecule has 0 unspecified atom stereocenters. The van der Waals surface area contributed by atoms with E-state index in [0.717, 1.165) is 4.47 Å². The molecular weight excluding hydrogens is 298 g/mol. The van der Waals surface area contributed by atoms with E-state index in [4.69, 9.17) is 4.74 Å². The molecule has 1 amide bonds. The topological polar surface area (TPSA) is 58.6 Å². The van der Waals surface area contributed by atoms with Gasteiger partial charge in [-0.05, 0) is 42.8 Å². The molecule has 0 fully saturated rings. The van der Waals surface area contributed by atoms with Gasteiger partial charge in [0.05, 0.1) is 11.1 Å². The molecule has 0 saturated heterocycles. The van der Waals surface area contributed by atoms with E-state index in [0.29, 0.717) is 11.3 Å². The summed E-state index contributed by atoms with van der Waals surface area (Å²) in [6.45, 7) is 5.51. The van der Waals surface area contributed by atoms with Crippen molar-refractivity contribution in [3.05, 3.63) is 28.2 Å². The van der Waals surface area contributed by atoms with Gasteiger partial charge in [0.1, 0.15) is 5.75 Å². The van der Waals surface area contributed by atoms with Crippen molar-refractivity contribution < 1.29 is 14.6 Å². The highest BCUT2D eigenvalue weighted by Gasteiger charge is 2.15. The lowest BCUT2D eigenvalue weighted by molar-refractivity contribution is -0.124. The van der Waals surface area contributed by atoms with Crippen molar-refractivity contribution >= 4 is 21.8 Å². The van der Waals surface area contributed by atoms with Crippen LogP contribution >= 0.6 is 15.9 Å². The van der Waals surface area contributed by atoms with Gasteiger partial charge in [-0.15, -0.1) is 0 Å². The Kier molecular flexibility index (Phi) is 5.16. The molecule has 1 aromatic carbocycles. The SMILES string of the molecule is CC(C)(C)NC(=O)COc1c(Br)cccc1CO. The van der Waals surface area contributed by atoms with Crippen LogP contribution in [0.15, 0.2) is 22.7 Å². The van der Waals surface area contributed by atoms with E-state index in [-0.39, 0.29) is 24.7 Å². The van der Waals surface area contributed by atoms with Crippen LogP contribution in [-0.4, -0.2) is 23.2 Å². The number of carbonyl (C=O) groups excluding carboxylic acids is 1. The third-order valence-corrected chi connectivity index (χ3v) is 2.71. The maximum absolute atomic E-state index is 11.6. The largest absolute Gasteiger partial charge is 0.482 e. The van der Waals surface area contributed by atoms with Crippen molar-refractivity contribution in [2.45, 2.75) is 32.9 Å². The second kappa shape index (κ2) is 6.20. The molecule has 0 aliphatic heterocycles. The number of benzene rings is 1. The van der Waals surface area contributed by atoms with Crippen LogP contribution in [0.4, 0.5) is 0 Å². The molecule has 0 aromatic heterocycles. The highest BCUT2D eigenvalue weighted by atomic mass is 79.9. The molecule has 0 atom stereocenters. The van der Waals surface area contributed by atoms with Crippen molar-refractivity contribution in [2.75, 3.05) is 6.61 Å². The molecule has 0 aliphatic rings. The average molecular weight is 316 g/mol. The number of rotatable bonds is 4. The maximum atomic E-state index is 11.6. The Morgan fingerprint density at radius 3 is 2.67 bits per heavy atom. The van der Waals surface area contributed by atoms with Gasteiger partial charge in [0.2, 0.25) is 0 Å². The third-order valence-electron chi connectivity index (χ3n) is 2.08. The van der Waals surface area contributed by atoms with Crippen LogP contribution < -0.4 is 10.1 Å². The average Bonchev–Trinajstić information content (AvgIpc) is 2.24. The van der Waals surface area contributed by atoms with E-state index < -0.39 is 0 Å². The molecular formula is C13H18BrNO3. The van der Waals surface area contributed by atoms with Gasteiger partial charge in [0.25, 0.3) is 5.91 Å². The molecule has 2 N–H and O–H groups in total. The number of aliphatic hydroxyl groups is 1. The first kappa shape index (κ1) is 15.0. The fourth-order valence-corrected chi connectivity index (χ4v) is 1.95. The number of halogens is 1. The number of hydrogen-bond donors (Lipinski definition) is 2. The Morgan fingerprint density at radius 2 is 2.11 bits per heavy atom. The molecule has 1 aromatic rings. The van der Waals surface area contributed by atoms with Gasteiger partial charge in [0, 0.05) is 11.1 Å². The monoisotopic (exact) mass is 315 g/mol. The lowest BCUT2D eigenvalue weighted by atomic mass is 10.1. The molecule has 4 nitrogen and oxygen atoms in total. The fourth-order valence-electron chi connectivity index (χ4n) is 1.43.